The predicted molar refractivity (Wildman–Crippen MR) is 85.0 cm³/mol. The summed E-state index contributed by atoms with van der Waals surface area (Å²) >= 11 is 0. The number of methoxy groups -OCH3 is 1. The van der Waals surface area contributed by atoms with Crippen LogP contribution in [0.2, 0.25) is 0 Å². The zero-order valence-electron chi connectivity index (χ0n) is 13.0. The Balaban J connectivity index is 1.97. The van der Waals surface area contributed by atoms with Crippen molar-refractivity contribution in [2.45, 2.75) is 18.9 Å². The summed E-state index contributed by atoms with van der Waals surface area (Å²) in [4.78, 5) is 12.1. The van der Waals surface area contributed by atoms with Gasteiger partial charge in [-0.05, 0) is 36.8 Å². The third-order valence-electron chi connectivity index (χ3n) is 3.46. The number of carbonyl (C=O) groups is 1. The lowest BCUT2D eigenvalue weighted by molar-refractivity contribution is -0.123. The molecule has 5 heteroatoms. The van der Waals surface area contributed by atoms with Crippen LogP contribution in [-0.4, -0.2) is 41.4 Å². The molecule has 1 amide bonds. The molecule has 0 fully saturated rings. The van der Waals surface area contributed by atoms with Gasteiger partial charge in [-0.2, -0.15) is 0 Å². The van der Waals surface area contributed by atoms with E-state index in [1.54, 1.807) is 14.0 Å². The van der Waals surface area contributed by atoms with E-state index >= 15 is 0 Å². The maximum atomic E-state index is 12.1. The monoisotopic (exact) mass is 302 g/mol. The minimum atomic E-state index is -0.753. The normalized spacial score (nSPS) is 13.6. The summed E-state index contributed by atoms with van der Waals surface area (Å²) in [5.74, 6) is -0.137. The van der Waals surface area contributed by atoms with E-state index in [1.165, 1.54) is 0 Å². The topological polar surface area (TPSA) is 63.5 Å². The highest BCUT2D eigenvalue weighted by atomic mass is 16.5. The van der Waals surface area contributed by atoms with Crippen molar-refractivity contribution in [3.05, 3.63) is 54.4 Å². The van der Waals surface area contributed by atoms with Crippen molar-refractivity contribution in [1.29, 1.82) is 0 Å². The number of benzene rings is 1. The molecule has 0 radical (unpaired) electrons. The van der Waals surface area contributed by atoms with Crippen LogP contribution in [0.25, 0.3) is 5.69 Å². The number of aromatic nitrogens is 1. The van der Waals surface area contributed by atoms with Crippen molar-refractivity contribution in [3.8, 4) is 5.69 Å². The van der Waals surface area contributed by atoms with E-state index in [-0.39, 0.29) is 25.5 Å². The first kappa shape index (κ1) is 16.3. The van der Waals surface area contributed by atoms with Crippen molar-refractivity contribution >= 4 is 5.91 Å². The van der Waals surface area contributed by atoms with Crippen LogP contribution in [0.15, 0.2) is 48.8 Å². The Morgan fingerprint density at radius 1 is 1.27 bits per heavy atom. The minimum absolute atomic E-state index is 0.137. The quantitative estimate of drug-likeness (QED) is 0.815. The number of rotatable bonds is 7. The van der Waals surface area contributed by atoms with Crippen molar-refractivity contribution in [1.82, 2.24) is 9.88 Å². The molecule has 0 aliphatic rings. The molecule has 1 atom stereocenters. The largest absolute Gasteiger partial charge is 0.394 e. The van der Waals surface area contributed by atoms with Crippen LogP contribution in [0.3, 0.4) is 0 Å². The number of hydrogen-bond donors (Lipinski definition) is 2. The molecule has 22 heavy (non-hydrogen) atoms. The third kappa shape index (κ3) is 4.19. The van der Waals surface area contributed by atoms with E-state index in [1.807, 2.05) is 53.4 Å². The molecule has 1 heterocycles. The van der Waals surface area contributed by atoms with E-state index in [9.17, 15) is 9.90 Å². The highest BCUT2D eigenvalue weighted by Crippen LogP contribution is 2.11. The number of amides is 1. The lowest BCUT2D eigenvalue weighted by Crippen LogP contribution is -2.52. The first-order valence-electron chi connectivity index (χ1n) is 7.19. The number of nitrogens with zero attached hydrogens (tertiary/aromatic N) is 1. The Hall–Kier alpha value is -2.11. The first-order chi connectivity index (χ1) is 10.6. The number of ether oxygens (including phenoxy) is 1. The average molecular weight is 302 g/mol. The first-order valence-corrected chi connectivity index (χ1v) is 7.19. The molecule has 2 aromatic rings. The fourth-order valence-electron chi connectivity index (χ4n) is 2.30. The molecule has 0 bridgehead atoms. The van der Waals surface area contributed by atoms with Crippen LogP contribution in [0.1, 0.15) is 12.5 Å². The molecule has 5 nitrogen and oxygen atoms in total. The molecule has 1 unspecified atom stereocenters. The fraction of sp³-hybridized carbons (Fsp3) is 0.353. The van der Waals surface area contributed by atoms with Crippen LogP contribution in [0.5, 0.6) is 0 Å². The number of hydrogen-bond acceptors (Lipinski definition) is 3. The summed E-state index contributed by atoms with van der Waals surface area (Å²) in [6.07, 6.45) is 4.21. The van der Waals surface area contributed by atoms with Crippen molar-refractivity contribution in [3.63, 3.8) is 0 Å². The van der Waals surface area contributed by atoms with E-state index < -0.39 is 5.54 Å². The highest BCUT2D eigenvalue weighted by Gasteiger charge is 2.25. The summed E-state index contributed by atoms with van der Waals surface area (Å²) in [6, 6.07) is 11.7. The summed E-state index contributed by atoms with van der Waals surface area (Å²) < 4.78 is 7.03. The summed E-state index contributed by atoms with van der Waals surface area (Å²) in [5.41, 5.74) is 1.22. The number of aliphatic hydroxyl groups is 1. The SMILES string of the molecule is COCC(C)(CO)NC(=O)Cc1ccc(-n2cccc2)cc1. The van der Waals surface area contributed by atoms with Gasteiger partial charge < -0.3 is 19.7 Å². The van der Waals surface area contributed by atoms with Gasteiger partial charge in [0.05, 0.1) is 25.2 Å². The van der Waals surface area contributed by atoms with Crippen molar-refractivity contribution < 1.29 is 14.6 Å². The zero-order chi connectivity index (χ0) is 16.0. The molecule has 0 aliphatic carbocycles. The molecule has 1 aromatic carbocycles. The Kier molecular flexibility index (Phi) is 5.35. The molecule has 2 rings (SSSR count). The van der Waals surface area contributed by atoms with Crippen LogP contribution in [0, 0.1) is 0 Å². The smallest absolute Gasteiger partial charge is 0.224 e. The third-order valence-corrected chi connectivity index (χ3v) is 3.46. The fourth-order valence-corrected chi connectivity index (χ4v) is 2.30. The molecule has 0 spiro atoms. The van der Waals surface area contributed by atoms with E-state index in [0.717, 1.165) is 11.3 Å². The second-order valence-electron chi connectivity index (χ2n) is 5.63. The Morgan fingerprint density at radius 2 is 1.91 bits per heavy atom. The standard InChI is InChI=1S/C17H22N2O3/c1-17(12-20,13-22-2)18-16(21)11-14-5-7-15(8-6-14)19-9-3-4-10-19/h3-10,20H,11-13H2,1-2H3,(H,18,21). The van der Waals surface area contributed by atoms with Crippen LogP contribution in [-0.2, 0) is 16.0 Å². The van der Waals surface area contributed by atoms with E-state index in [2.05, 4.69) is 5.32 Å². The molecule has 0 saturated heterocycles. The van der Waals surface area contributed by atoms with Crippen LogP contribution in [0.4, 0.5) is 0 Å². The molecular formula is C17H22N2O3. The van der Waals surface area contributed by atoms with Gasteiger partial charge in [-0.3, -0.25) is 4.79 Å². The maximum absolute atomic E-state index is 12.1. The van der Waals surface area contributed by atoms with Gasteiger partial charge in [0.1, 0.15) is 0 Å². The maximum Gasteiger partial charge on any atom is 0.224 e. The Bertz CT molecular complexity index is 593. The summed E-state index contributed by atoms with van der Waals surface area (Å²) in [5, 5.41) is 12.2. The number of aliphatic hydroxyl groups excluding tert-OH is 1. The van der Waals surface area contributed by atoms with Gasteiger partial charge in [-0.25, -0.2) is 0 Å². The predicted octanol–water partition coefficient (Wildman–Crippen LogP) is 1.53. The Morgan fingerprint density at radius 3 is 2.45 bits per heavy atom. The van der Waals surface area contributed by atoms with Crippen LogP contribution >= 0.6 is 0 Å². The second-order valence-corrected chi connectivity index (χ2v) is 5.63. The van der Waals surface area contributed by atoms with Gasteiger partial charge in [-0.15, -0.1) is 0 Å². The Labute approximate surface area is 130 Å². The van der Waals surface area contributed by atoms with Gasteiger partial charge in [0, 0.05) is 25.2 Å². The number of nitrogens with one attached hydrogen (secondary N) is 1. The second kappa shape index (κ2) is 7.24. The molecule has 1 aromatic heterocycles. The molecule has 118 valence electrons. The average Bonchev–Trinajstić information content (AvgIpc) is 3.02. The molecule has 2 N–H and O–H groups in total. The lowest BCUT2D eigenvalue weighted by atomic mass is 10.0. The molecule has 0 aliphatic heterocycles. The minimum Gasteiger partial charge on any atom is -0.394 e. The molecule has 0 saturated carbocycles. The molecular weight excluding hydrogens is 280 g/mol. The van der Waals surface area contributed by atoms with Crippen molar-refractivity contribution in [2.75, 3.05) is 20.3 Å². The van der Waals surface area contributed by atoms with Gasteiger partial charge in [0.15, 0.2) is 0 Å². The van der Waals surface area contributed by atoms with Crippen LogP contribution < -0.4 is 5.32 Å². The van der Waals surface area contributed by atoms with Gasteiger partial charge >= 0.3 is 0 Å². The zero-order valence-corrected chi connectivity index (χ0v) is 13.0. The summed E-state index contributed by atoms with van der Waals surface area (Å²) in [6.45, 7) is 1.85. The number of carbonyl (C=O) groups excluding carboxylic acids is 1. The summed E-state index contributed by atoms with van der Waals surface area (Å²) in [7, 11) is 1.54. The van der Waals surface area contributed by atoms with E-state index in [4.69, 9.17) is 4.74 Å². The lowest BCUT2D eigenvalue weighted by Gasteiger charge is -2.27. The highest BCUT2D eigenvalue weighted by molar-refractivity contribution is 5.79. The van der Waals surface area contributed by atoms with Gasteiger partial charge in [0.2, 0.25) is 5.91 Å². The van der Waals surface area contributed by atoms with Crippen molar-refractivity contribution in [2.24, 2.45) is 0 Å². The van der Waals surface area contributed by atoms with E-state index in [0.29, 0.717) is 0 Å². The van der Waals surface area contributed by atoms with Gasteiger partial charge in [0.25, 0.3) is 0 Å². The van der Waals surface area contributed by atoms with Gasteiger partial charge in [-0.1, -0.05) is 12.1 Å².